The first kappa shape index (κ1) is 32.2. The predicted molar refractivity (Wildman–Crippen MR) is 175 cm³/mol. The van der Waals surface area contributed by atoms with Crippen molar-refractivity contribution in [2.45, 2.75) is 51.9 Å². The number of nitrogens with zero attached hydrogens (tertiary/aromatic N) is 3. The Hall–Kier alpha value is -4.22. The second-order valence-corrected chi connectivity index (χ2v) is 11.6. The van der Waals surface area contributed by atoms with Crippen LogP contribution in [-0.4, -0.2) is 39.6 Å². The molecule has 0 saturated carbocycles. The molecule has 3 aromatic carbocycles. The Balaban J connectivity index is 1.54. The number of anilines is 2. The summed E-state index contributed by atoms with van der Waals surface area (Å²) in [7, 11) is 0. The summed E-state index contributed by atoms with van der Waals surface area (Å²) in [6.07, 6.45) is 0.965. The van der Waals surface area contributed by atoms with Crippen LogP contribution in [0, 0.1) is 5.82 Å². The van der Waals surface area contributed by atoms with Gasteiger partial charge in [0.1, 0.15) is 24.2 Å². The van der Waals surface area contributed by atoms with Gasteiger partial charge in [-0.25, -0.2) is 9.07 Å². The molecule has 1 atom stereocenters. The first-order valence-electron chi connectivity index (χ1n) is 14.8. The van der Waals surface area contributed by atoms with E-state index in [-0.39, 0.29) is 23.1 Å². The van der Waals surface area contributed by atoms with Crippen molar-refractivity contribution in [3.63, 3.8) is 0 Å². The topological polar surface area (TPSA) is 99.5 Å². The summed E-state index contributed by atoms with van der Waals surface area (Å²) >= 11 is 7.77. The maximum absolute atomic E-state index is 14.4. The molecule has 4 aromatic rings. The number of thioether (sulfide) groups is 1. The Bertz CT molecular complexity index is 1690. The molecule has 0 saturated heterocycles. The molecule has 1 aliphatic heterocycles. The summed E-state index contributed by atoms with van der Waals surface area (Å²) < 4.78 is 33.9. The van der Waals surface area contributed by atoms with Gasteiger partial charge in [0.25, 0.3) is 5.91 Å². The third-order valence-electron chi connectivity index (χ3n) is 6.97. The Kier molecular flexibility index (Phi) is 10.5. The number of allylic oxidation sites excluding steroid dienone is 1. The molecule has 9 nitrogen and oxygen atoms in total. The third-order valence-corrected chi connectivity index (χ3v) is 8.36. The number of carbonyl (C=O) groups excluding carboxylic acids is 1. The highest BCUT2D eigenvalue weighted by Gasteiger charge is 2.35. The average molecular weight is 652 g/mol. The normalized spacial score (nSPS) is 14.0. The van der Waals surface area contributed by atoms with Gasteiger partial charge in [-0.05, 0) is 69.2 Å². The zero-order valence-corrected chi connectivity index (χ0v) is 27.1. The average Bonchev–Trinajstić information content (AvgIpc) is 3.43. The highest BCUT2D eigenvalue weighted by Crippen LogP contribution is 2.40. The summed E-state index contributed by atoms with van der Waals surface area (Å²) in [5, 5.41) is 12.0. The Morgan fingerprint density at radius 2 is 1.80 bits per heavy atom. The number of rotatable bonds is 13. The lowest BCUT2D eigenvalue weighted by molar-refractivity contribution is -0.113. The standard InChI is InChI=1S/C33H35ClFN5O4S/c1-5-17-45-33-38-32-36-20(4)29(31(41)37-25-13-8-9-14-26(25)42-6-2)30(40(32)39-33)21-15-16-27(28(18-21)43-7-3)44-19-22-23(34)11-10-12-24(22)35/h8-16,18,30H,5-7,17,19H2,1-4H3,(H,37,41)(H,36,38,39). The van der Waals surface area contributed by atoms with Crippen LogP contribution in [0.25, 0.3) is 0 Å². The molecule has 2 N–H and O–H groups in total. The molecule has 2 heterocycles. The van der Waals surface area contributed by atoms with Crippen LogP contribution >= 0.6 is 23.4 Å². The third kappa shape index (κ3) is 7.20. The van der Waals surface area contributed by atoms with E-state index >= 15 is 0 Å². The van der Waals surface area contributed by atoms with Crippen molar-refractivity contribution in [3.8, 4) is 17.2 Å². The maximum atomic E-state index is 14.4. The second kappa shape index (κ2) is 14.7. The van der Waals surface area contributed by atoms with Gasteiger partial charge in [-0.15, -0.1) is 5.10 Å². The highest BCUT2D eigenvalue weighted by molar-refractivity contribution is 7.99. The van der Waals surface area contributed by atoms with E-state index in [0.29, 0.717) is 58.5 Å². The fourth-order valence-corrected chi connectivity index (χ4v) is 5.83. The first-order chi connectivity index (χ1) is 21.8. The van der Waals surface area contributed by atoms with Gasteiger partial charge in [0, 0.05) is 17.0 Å². The molecule has 5 rings (SSSR count). The minimum absolute atomic E-state index is 0.0879. The van der Waals surface area contributed by atoms with Crippen molar-refractivity contribution in [1.82, 2.24) is 14.8 Å². The van der Waals surface area contributed by atoms with E-state index in [1.165, 1.54) is 6.07 Å². The second-order valence-electron chi connectivity index (χ2n) is 10.1. The fraction of sp³-hybridized carbons (Fsp3) is 0.303. The molecular formula is C33H35ClFN5O4S. The number of nitrogens with one attached hydrogen (secondary N) is 2. The van der Waals surface area contributed by atoms with E-state index in [0.717, 1.165) is 17.7 Å². The molecule has 12 heteroatoms. The largest absolute Gasteiger partial charge is 0.492 e. The van der Waals surface area contributed by atoms with Crippen LogP contribution < -0.4 is 24.8 Å². The molecule has 45 heavy (non-hydrogen) atoms. The van der Waals surface area contributed by atoms with Crippen LogP contribution in [0.15, 0.2) is 77.1 Å². The molecule has 0 radical (unpaired) electrons. The Morgan fingerprint density at radius 1 is 1.02 bits per heavy atom. The fourth-order valence-electron chi connectivity index (χ4n) is 4.93. The van der Waals surface area contributed by atoms with Crippen molar-refractivity contribution in [1.29, 1.82) is 0 Å². The quantitative estimate of drug-likeness (QED) is 0.141. The van der Waals surface area contributed by atoms with Crippen molar-refractivity contribution in [3.05, 3.63) is 93.9 Å². The molecule has 236 valence electrons. The summed E-state index contributed by atoms with van der Waals surface area (Å²) in [6, 6.07) is 16.5. The molecule has 1 aliphatic rings. The van der Waals surface area contributed by atoms with E-state index in [4.69, 9.17) is 35.9 Å². The van der Waals surface area contributed by atoms with E-state index in [9.17, 15) is 9.18 Å². The number of ether oxygens (including phenoxy) is 3. The molecule has 1 aromatic heterocycles. The van der Waals surface area contributed by atoms with Gasteiger partial charge in [-0.3, -0.25) is 4.79 Å². The number of carbonyl (C=O) groups is 1. The van der Waals surface area contributed by atoms with E-state index in [1.807, 2.05) is 51.1 Å². The number of benzene rings is 3. The number of para-hydroxylation sites is 2. The van der Waals surface area contributed by atoms with Gasteiger partial charge in [-0.1, -0.05) is 54.6 Å². The van der Waals surface area contributed by atoms with Crippen molar-refractivity contribution in [2.24, 2.45) is 0 Å². The molecule has 0 spiro atoms. The van der Waals surface area contributed by atoms with Gasteiger partial charge in [-0.2, -0.15) is 4.98 Å². The van der Waals surface area contributed by atoms with Gasteiger partial charge in [0.2, 0.25) is 11.1 Å². The molecule has 1 amide bonds. The maximum Gasteiger partial charge on any atom is 0.255 e. The summed E-state index contributed by atoms with van der Waals surface area (Å²) in [4.78, 5) is 18.8. The predicted octanol–water partition coefficient (Wildman–Crippen LogP) is 7.88. The SMILES string of the molecule is CCCSc1nc2n(n1)C(c1ccc(OCc3c(F)cccc3Cl)c(OCC)c1)C(C(=O)Nc1ccccc1OCC)=C(C)N2. The zero-order chi connectivity index (χ0) is 31.9. The zero-order valence-electron chi connectivity index (χ0n) is 25.5. The molecule has 0 fully saturated rings. The van der Waals surface area contributed by atoms with Crippen molar-refractivity contribution >= 4 is 40.9 Å². The number of aromatic nitrogens is 3. The Morgan fingerprint density at radius 3 is 2.56 bits per heavy atom. The van der Waals surface area contributed by atoms with Crippen LogP contribution in [0.4, 0.5) is 16.0 Å². The van der Waals surface area contributed by atoms with Crippen LogP contribution in [0.1, 0.15) is 51.3 Å². The molecule has 0 bridgehead atoms. The van der Waals surface area contributed by atoms with Crippen molar-refractivity contribution < 1.29 is 23.4 Å². The number of halogens is 2. The van der Waals surface area contributed by atoms with Crippen LogP contribution in [-0.2, 0) is 11.4 Å². The van der Waals surface area contributed by atoms with Crippen LogP contribution in [0.2, 0.25) is 5.02 Å². The molecule has 0 aliphatic carbocycles. The van der Waals surface area contributed by atoms with Gasteiger partial charge < -0.3 is 24.8 Å². The number of fused-ring (bicyclic) bond motifs is 1. The first-order valence-corrected chi connectivity index (χ1v) is 16.1. The number of hydrogen-bond acceptors (Lipinski definition) is 8. The lowest BCUT2D eigenvalue weighted by atomic mass is 9.94. The van der Waals surface area contributed by atoms with Gasteiger partial charge in [0.15, 0.2) is 11.5 Å². The lowest BCUT2D eigenvalue weighted by Crippen LogP contribution is -2.31. The lowest BCUT2D eigenvalue weighted by Gasteiger charge is -2.29. The van der Waals surface area contributed by atoms with Crippen LogP contribution in [0.5, 0.6) is 17.2 Å². The van der Waals surface area contributed by atoms with E-state index in [1.54, 1.807) is 40.7 Å². The monoisotopic (exact) mass is 651 g/mol. The summed E-state index contributed by atoms with van der Waals surface area (Å²) in [5.41, 5.74) is 2.60. The highest BCUT2D eigenvalue weighted by atomic mass is 35.5. The van der Waals surface area contributed by atoms with Gasteiger partial charge in [0.05, 0.1) is 29.5 Å². The van der Waals surface area contributed by atoms with E-state index < -0.39 is 11.9 Å². The summed E-state index contributed by atoms with van der Waals surface area (Å²) in [6.45, 7) is 8.41. The van der Waals surface area contributed by atoms with Crippen LogP contribution in [0.3, 0.4) is 0 Å². The Labute approximate surface area is 271 Å². The minimum atomic E-state index is -0.654. The number of hydrogen-bond donors (Lipinski definition) is 2. The number of amides is 1. The minimum Gasteiger partial charge on any atom is -0.492 e. The molecular weight excluding hydrogens is 617 g/mol. The smallest absolute Gasteiger partial charge is 0.255 e. The summed E-state index contributed by atoms with van der Waals surface area (Å²) in [5.74, 6) is 2.01. The van der Waals surface area contributed by atoms with E-state index in [2.05, 4.69) is 17.6 Å². The molecule has 1 unspecified atom stereocenters. The van der Waals surface area contributed by atoms with Crippen molar-refractivity contribution in [2.75, 3.05) is 29.6 Å². The van der Waals surface area contributed by atoms with Gasteiger partial charge >= 0.3 is 0 Å².